The molecule has 0 aromatic carbocycles. The van der Waals surface area contributed by atoms with Gasteiger partial charge in [-0.1, -0.05) is 13.8 Å². The summed E-state index contributed by atoms with van der Waals surface area (Å²) in [5.41, 5.74) is 5.91. The zero-order valence-electron chi connectivity index (χ0n) is 9.31. The first kappa shape index (κ1) is 11.5. The molecule has 1 amide bonds. The number of hydrogen-bond donors (Lipinski definition) is 2. The lowest BCUT2D eigenvalue weighted by Gasteiger charge is -2.14. The first-order chi connectivity index (χ1) is 6.62. The van der Waals surface area contributed by atoms with E-state index < -0.39 is 0 Å². The molecule has 0 heterocycles. The highest BCUT2D eigenvalue weighted by molar-refractivity contribution is 5.76. The number of rotatable bonds is 6. The summed E-state index contributed by atoms with van der Waals surface area (Å²) in [6.45, 7) is 5.65. The maximum Gasteiger partial charge on any atom is 0.220 e. The summed E-state index contributed by atoms with van der Waals surface area (Å²) in [6, 6.07) is 0. The van der Waals surface area contributed by atoms with Crippen LogP contribution >= 0.6 is 0 Å². The molecule has 82 valence electrons. The van der Waals surface area contributed by atoms with Gasteiger partial charge in [-0.2, -0.15) is 0 Å². The standard InChI is InChI=1S/C11H22N2O/c1-3-11(4-5-11)8-13-10(14)6-9(2)7-12/h9H,3-8,12H2,1-2H3,(H,13,14). The van der Waals surface area contributed by atoms with Crippen molar-refractivity contribution in [2.24, 2.45) is 17.1 Å². The maximum atomic E-state index is 11.4. The number of amides is 1. The molecule has 0 aromatic rings. The third kappa shape index (κ3) is 3.29. The Hall–Kier alpha value is -0.570. The quantitative estimate of drug-likeness (QED) is 0.675. The van der Waals surface area contributed by atoms with Crippen molar-refractivity contribution in [1.82, 2.24) is 5.32 Å². The van der Waals surface area contributed by atoms with Gasteiger partial charge in [-0.05, 0) is 37.1 Å². The third-order valence-corrected chi connectivity index (χ3v) is 3.30. The van der Waals surface area contributed by atoms with Crippen molar-refractivity contribution in [2.75, 3.05) is 13.1 Å². The van der Waals surface area contributed by atoms with Crippen LogP contribution in [0.15, 0.2) is 0 Å². The summed E-state index contributed by atoms with van der Waals surface area (Å²) >= 11 is 0. The van der Waals surface area contributed by atoms with E-state index in [0.717, 1.165) is 6.54 Å². The molecule has 1 saturated carbocycles. The van der Waals surface area contributed by atoms with Crippen molar-refractivity contribution in [2.45, 2.75) is 39.5 Å². The SMILES string of the molecule is CCC1(CNC(=O)CC(C)CN)CC1. The van der Waals surface area contributed by atoms with E-state index in [2.05, 4.69) is 12.2 Å². The van der Waals surface area contributed by atoms with Gasteiger partial charge in [-0.15, -0.1) is 0 Å². The molecule has 1 aliphatic rings. The first-order valence-corrected chi connectivity index (χ1v) is 5.58. The average Bonchev–Trinajstić information content (AvgIpc) is 2.95. The maximum absolute atomic E-state index is 11.4. The van der Waals surface area contributed by atoms with Crippen LogP contribution in [0.1, 0.15) is 39.5 Å². The molecule has 0 bridgehead atoms. The summed E-state index contributed by atoms with van der Waals surface area (Å²) in [6.07, 6.45) is 4.29. The van der Waals surface area contributed by atoms with E-state index in [4.69, 9.17) is 5.73 Å². The number of nitrogens with one attached hydrogen (secondary N) is 1. The van der Waals surface area contributed by atoms with Crippen LogP contribution in [0.5, 0.6) is 0 Å². The lowest BCUT2D eigenvalue weighted by Crippen LogP contribution is -2.32. The van der Waals surface area contributed by atoms with Crippen molar-refractivity contribution in [3.8, 4) is 0 Å². The van der Waals surface area contributed by atoms with Crippen molar-refractivity contribution in [3.63, 3.8) is 0 Å². The summed E-state index contributed by atoms with van der Waals surface area (Å²) in [7, 11) is 0. The van der Waals surface area contributed by atoms with Gasteiger partial charge in [0.1, 0.15) is 0 Å². The van der Waals surface area contributed by atoms with Crippen molar-refractivity contribution >= 4 is 5.91 Å². The highest BCUT2D eigenvalue weighted by atomic mass is 16.1. The molecule has 0 aliphatic heterocycles. The van der Waals surface area contributed by atoms with Gasteiger partial charge in [0, 0.05) is 13.0 Å². The Morgan fingerprint density at radius 2 is 2.21 bits per heavy atom. The zero-order valence-corrected chi connectivity index (χ0v) is 9.31. The minimum absolute atomic E-state index is 0.155. The molecule has 3 heteroatoms. The molecule has 14 heavy (non-hydrogen) atoms. The number of carbonyl (C=O) groups is 1. The highest BCUT2D eigenvalue weighted by Gasteiger charge is 2.40. The minimum Gasteiger partial charge on any atom is -0.356 e. The highest BCUT2D eigenvalue weighted by Crippen LogP contribution is 2.47. The monoisotopic (exact) mass is 198 g/mol. The summed E-state index contributed by atoms with van der Waals surface area (Å²) < 4.78 is 0. The van der Waals surface area contributed by atoms with Crippen LogP contribution in [-0.4, -0.2) is 19.0 Å². The summed E-state index contributed by atoms with van der Waals surface area (Å²) in [5.74, 6) is 0.453. The lowest BCUT2D eigenvalue weighted by atomic mass is 10.0. The molecule has 0 radical (unpaired) electrons. The second kappa shape index (κ2) is 4.78. The molecule has 1 aliphatic carbocycles. The van der Waals surface area contributed by atoms with E-state index in [0.29, 0.717) is 24.3 Å². The Balaban J connectivity index is 2.15. The minimum atomic E-state index is 0.155. The van der Waals surface area contributed by atoms with Crippen LogP contribution in [0.2, 0.25) is 0 Å². The molecule has 1 unspecified atom stereocenters. The Morgan fingerprint density at radius 1 is 1.57 bits per heavy atom. The second-order valence-corrected chi connectivity index (χ2v) is 4.68. The van der Waals surface area contributed by atoms with Gasteiger partial charge in [0.05, 0.1) is 0 Å². The fourth-order valence-electron chi connectivity index (χ4n) is 1.59. The smallest absolute Gasteiger partial charge is 0.220 e. The van der Waals surface area contributed by atoms with Gasteiger partial charge in [-0.3, -0.25) is 4.79 Å². The van der Waals surface area contributed by atoms with Gasteiger partial charge < -0.3 is 11.1 Å². The largest absolute Gasteiger partial charge is 0.356 e. The van der Waals surface area contributed by atoms with E-state index in [9.17, 15) is 4.79 Å². The van der Waals surface area contributed by atoms with Gasteiger partial charge in [-0.25, -0.2) is 0 Å². The topological polar surface area (TPSA) is 55.1 Å². The van der Waals surface area contributed by atoms with E-state index in [1.165, 1.54) is 19.3 Å². The lowest BCUT2D eigenvalue weighted by molar-refractivity contribution is -0.122. The van der Waals surface area contributed by atoms with Crippen LogP contribution in [-0.2, 0) is 4.79 Å². The van der Waals surface area contributed by atoms with Crippen LogP contribution in [0.4, 0.5) is 0 Å². The molecule has 0 spiro atoms. The summed E-state index contributed by atoms with van der Waals surface area (Å²) in [5, 5.41) is 3.01. The molecular formula is C11H22N2O. The fraction of sp³-hybridized carbons (Fsp3) is 0.909. The van der Waals surface area contributed by atoms with Gasteiger partial charge in [0.15, 0.2) is 0 Å². The van der Waals surface area contributed by atoms with E-state index >= 15 is 0 Å². The average molecular weight is 198 g/mol. The number of nitrogens with two attached hydrogens (primary N) is 1. The molecular weight excluding hydrogens is 176 g/mol. The van der Waals surface area contributed by atoms with Crippen LogP contribution in [0.3, 0.4) is 0 Å². The molecule has 3 nitrogen and oxygen atoms in total. The van der Waals surface area contributed by atoms with E-state index in [1.807, 2.05) is 6.92 Å². The molecule has 1 fully saturated rings. The Labute approximate surface area is 86.4 Å². The van der Waals surface area contributed by atoms with Crippen molar-refractivity contribution in [1.29, 1.82) is 0 Å². The first-order valence-electron chi connectivity index (χ1n) is 5.58. The molecule has 0 aromatic heterocycles. The van der Waals surface area contributed by atoms with E-state index in [1.54, 1.807) is 0 Å². The Morgan fingerprint density at radius 3 is 2.64 bits per heavy atom. The fourth-order valence-corrected chi connectivity index (χ4v) is 1.59. The van der Waals surface area contributed by atoms with Crippen molar-refractivity contribution in [3.05, 3.63) is 0 Å². The predicted molar refractivity (Wildman–Crippen MR) is 57.8 cm³/mol. The number of hydrogen-bond acceptors (Lipinski definition) is 2. The van der Waals surface area contributed by atoms with Gasteiger partial charge in [0.2, 0.25) is 5.91 Å². The summed E-state index contributed by atoms with van der Waals surface area (Å²) in [4.78, 5) is 11.4. The predicted octanol–water partition coefficient (Wildman–Crippen LogP) is 1.28. The molecule has 3 N–H and O–H groups in total. The molecule has 0 saturated heterocycles. The van der Waals surface area contributed by atoms with Crippen molar-refractivity contribution < 1.29 is 4.79 Å². The Bertz CT molecular complexity index is 199. The Kier molecular flexibility index (Phi) is 3.93. The second-order valence-electron chi connectivity index (χ2n) is 4.68. The van der Waals surface area contributed by atoms with Gasteiger partial charge in [0.25, 0.3) is 0 Å². The normalized spacial score (nSPS) is 20.2. The third-order valence-electron chi connectivity index (χ3n) is 3.30. The van der Waals surface area contributed by atoms with E-state index in [-0.39, 0.29) is 5.91 Å². The number of carbonyl (C=O) groups excluding carboxylic acids is 1. The zero-order chi connectivity index (χ0) is 10.6. The van der Waals surface area contributed by atoms with Gasteiger partial charge >= 0.3 is 0 Å². The van der Waals surface area contributed by atoms with Crippen LogP contribution < -0.4 is 11.1 Å². The van der Waals surface area contributed by atoms with Crippen LogP contribution in [0.25, 0.3) is 0 Å². The van der Waals surface area contributed by atoms with Crippen LogP contribution in [0, 0.1) is 11.3 Å². The molecule has 1 rings (SSSR count). The molecule has 1 atom stereocenters.